The fourth-order valence-electron chi connectivity index (χ4n) is 2.22. The summed E-state index contributed by atoms with van der Waals surface area (Å²) in [6.45, 7) is 2.73. The first-order valence-corrected chi connectivity index (χ1v) is 6.20. The second-order valence-corrected chi connectivity index (χ2v) is 4.38. The summed E-state index contributed by atoms with van der Waals surface area (Å²) in [5.74, 6) is 1.15. The summed E-state index contributed by atoms with van der Waals surface area (Å²) in [4.78, 5) is 22.9. The standard InChI is InChI=1S/C11H13N7O2/c19-18(20)9-8-14-15-10(9)16-4-6-17(7-5-16)11-12-2-1-3-13-11/h1-3,8H,4-7H2,(H,14,15). The van der Waals surface area contributed by atoms with Gasteiger partial charge in [-0.15, -0.1) is 0 Å². The van der Waals surface area contributed by atoms with Crippen LogP contribution in [0.1, 0.15) is 0 Å². The Morgan fingerprint density at radius 1 is 1.15 bits per heavy atom. The van der Waals surface area contributed by atoms with Crippen molar-refractivity contribution in [2.45, 2.75) is 0 Å². The Bertz CT molecular complexity index is 592. The number of nitro groups is 1. The lowest BCUT2D eigenvalue weighted by Gasteiger charge is -2.34. The van der Waals surface area contributed by atoms with Gasteiger partial charge in [-0.25, -0.2) is 9.97 Å². The summed E-state index contributed by atoms with van der Waals surface area (Å²) < 4.78 is 0. The second kappa shape index (κ2) is 5.11. The molecule has 1 N–H and O–H groups in total. The maximum Gasteiger partial charge on any atom is 0.330 e. The zero-order valence-electron chi connectivity index (χ0n) is 10.6. The number of aromatic amines is 1. The van der Waals surface area contributed by atoms with E-state index in [1.165, 1.54) is 6.20 Å². The summed E-state index contributed by atoms with van der Waals surface area (Å²) in [6.07, 6.45) is 4.64. The third-order valence-corrected chi connectivity index (χ3v) is 3.23. The van der Waals surface area contributed by atoms with Gasteiger partial charge in [0.1, 0.15) is 6.20 Å². The van der Waals surface area contributed by atoms with Gasteiger partial charge in [0.05, 0.1) is 4.92 Å². The zero-order valence-corrected chi connectivity index (χ0v) is 10.6. The number of rotatable bonds is 3. The second-order valence-electron chi connectivity index (χ2n) is 4.38. The van der Waals surface area contributed by atoms with Crippen molar-refractivity contribution in [2.24, 2.45) is 0 Å². The Balaban J connectivity index is 1.70. The van der Waals surface area contributed by atoms with Gasteiger partial charge in [-0.2, -0.15) is 5.10 Å². The van der Waals surface area contributed by atoms with Crippen LogP contribution in [0.3, 0.4) is 0 Å². The molecule has 0 bridgehead atoms. The number of anilines is 2. The first-order valence-electron chi connectivity index (χ1n) is 6.20. The summed E-state index contributed by atoms with van der Waals surface area (Å²) in [7, 11) is 0. The molecule has 0 radical (unpaired) electrons. The van der Waals surface area contributed by atoms with Crippen LogP contribution < -0.4 is 9.80 Å². The number of H-pyrrole nitrogens is 1. The van der Waals surface area contributed by atoms with Crippen molar-refractivity contribution in [3.05, 3.63) is 34.8 Å². The van der Waals surface area contributed by atoms with Crippen molar-refractivity contribution in [1.29, 1.82) is 0 Å². The fourth-order valence-corrected chi connectivity index (χ4v) is 2.22. The molecule has 3 heterocycles. The highest BCUT2D eigenvalue weighted by Crippen LogP contribution is 2.25. The highest BCUT2D eigenvalue weighted by molar-refractivity contribution is 5.57. The molecule has 20 heavy (non-hydrogen) atoms. The number of hydrogen-bond acceptors (Lipinski definition) is 7. The summed E-state index contributed by atoms with van der Waals surface area (Å²) in [5, 5.41) is 17.3. The van der Waals surface area contributed by atoms with E-state index in [1.807, 2.05) is 4.90 Å². The molecule has 3 rings (SSSR count). The van der Waals surface area contributed by atoms with E-state index in [4.69, 9.17) is 0 Å². The molecular weight excluding hydrogens is 262 g/mol. The maximum atomic E-state index is 10.9. The van der Waals surface area contributed by atoms with Gasteiger partial charge in [0, 0.05) is 38.6 Å². The van der Waals surface area contributed by atoms with Gasteiger partial charge < -0.3 is 9.80 Å². The number of aromatic nitrogens is 4. The highest BCUT2D eigenvalue weighted by atomic mass is 16.6. The number of piperazine rings is 1. The van der Waals surface area contributed by atoms with E-state index in [2.05, 4.69) is 25.1 Å². The van der Waals surface area contributed by atoms with Crippen LogP contribution in [0.4, 0.5) is 17.5 Å². The van der Waals surface area contributed by atoms with Gasteiger partial charge in [0.2, 0.25) is 11.8 Å². The van der Waals surface area contributed by atoms with Gasteiger partial charge in [0.15, 0.2) is 0 Å². The molecule has 0 unspecified atom stereocenters. The van der Waals surface area contributed by atoms with E-state index < -0.39 is 4.92 Å². The average Bonchev–Trinajstić information content (AvgIpc) is 2.98. The Morgan fingerprint density at radius 2 is 1.80 bits per heavy atom. The predicted molar refractivity (Wildman–Crippen MR) is 71.7 cm³/mol. The van der Waals surface area contributed by atoms with Crippen molar-refractivity contribution in [2.75, 3.05) is 36.0 Å². The quantitative estimate of drug-likeness (QED) is 0.640. The van der Waals surface area contributed by atoms with E-state index in [0.29, 0.717) is 37.9 Å². The summed E-state index contributed by atoms with van der Waals surface area (Å²) in [6, 6.07) is 1.77. The monoisotopic (exact) mass is 275 g/mol. The van der Waals surface area contributed by atoms with Crippen molar-refractivity contribution < 1.29 is 4.92 Å². The Hall–Kier alpha value is -2.71. The Labute approximate surface area is 114 Å². The molecule has 0 atom stereocenters. The fraction of sp³-hybridized carbons (Fsp3) is 0.364. The minimum Gasteiger partial charge on any atom is -0.348 e. The number of nitrogens with one attached hydrogen (secondary N) is 1. The highest BCUT2D eigenvalue weighted by Gasteiger charge is 2.26. The number of hydrogen-bond donors (Lipinski definition) is 1. The largest absolute Gasteiger partial charge is 0.348 e. The van der Waals surface area contributed by atoms with Crippen LogP contribution in [0.2, 0.25) is 0 Å². The third-order valence-electron chi connectivity index (χ3n) is 3.23. The van der Waals surface area contributed by atoms with Crippen LogP contribution in [0.25, 0.3) is 0 Å². The normalized spacial score (nSPS) is 15.4. The topological polar surface area (TPSA) is 104 Å². The molecule has 1 saturated heterocycles. The zero-order chi connectivity index (χ0) is 13.9. The van der Waals surface area contributed by atoms with Gasteiger partial charge in [-0.1, -0.05) is 0 Å². The van der Waals surface area contributed by atoms with E-state index in [9.17, 15) is 10.1 Å². The van der Waals surface area contributed by atoms with E-state index in [1.54, 1.807) is 18.5 Å². The predicted octanol–water partition coefficient (Wildman–Crippen LogP) is 0.434. The molecule has 2 aromatic heterocycles. The lowest BCUT2D eigenvalue weighted by atomic mass is 10.3. The first kappa shape index (κ1) is 12.3. The molecule has 9 heteroatoms. The van der Waals surface area contributed by atoms with Gasteiger partial charge in [0.25, 0.3) is 0 Å². The molecule has 1 fully saturated rings. The van der Waals surface area contributed by atoms with Crippen molar-refractivity contribution in [3.63, 3.8) is 0 Å². The van der Waals surface area contributed by atoms with Crippen LogP contribution in [0.15, 0.2) is 24.7 Å². The molecule has 1 aliphatic heterocycles. The van der Waals surface area contributed by atoms with Crippen molar-refractivity contribution >= 4 is 17.5 Å². The molecule has 0 saturated carbocycles. The van der Waals surface area contributed by atoms with E-state index in [0.717, 1.165) is 0 Å². The van der Waals surface area contributed by atoms with Crippen LogP contribution >= 0.6 is 0 Å². The van der Waals surface area contributed by atoms with Crippen LogP contribution in [-0.4, -0.2) is 51.3 Å². The molecule has 2 aromatic rings. The minimum absolute atomic E-state index is 0.00871. The molecule has 0 aromatic carbocycles. The maximum absolute atomic E-state index is 10.9. The smallest absolute Gasteiger partial charge is 0.330 e. The lowest BCUT2D eigenvalue weighted by Crippen LogP contribution is -2.47. The molecule has 0 amide bonds. The van der Waals surface area contributed by atoms with E-state index >= 15 is 0 Å². The van der Waals surface area contributed by atoms with Crippen LogP contribution in [0.5, 0.6) is 0 Å². The Kier molecular flexibility index (Phi) is 3.15. The third kappa shape index (κ3) is 2.25. The minimum atomic E-state index is -0.425. The molecule has 9 nitrogen and oxygen atoms in total. The molecular formula is C11H13N7O2. The molecule has 1 aliphatic rings. The van der Waals surface area contributed by atoms with Gasteiger partial charge in [-0.05, 0) is 6.07 Å². The SMILES string of the molecule is O=[N+]([O-])c1cn[nH]c1N1CCN(c2ncccn2)CC1. The molecule has 0 spiro atoms. The van der Waals surface area contributed by atoms with Crippen molar-refractivity contribution in [1.82, 2.24) is 20.2 Å². The summed E-state index contributed by atoms with van der Waals surface area (Å²) >= 11 is 0. The lowest BCUT2D eigenvalue weighted by molar-refractivity contribution is -0.384. The van der Waals surface area contributed by atoms with Gasteiger partial charge in [-0.3, -0.25) is 15.2 Å². The van der Waals surface area contributed by atoms with Crippen LogP contribution in [0, 0.1) is 10.1 Å². The van der Waals surface area contributed by atoms with Gasteiger partial charge >= 0.3 is 5.69 Å². The molecule has 104 valence electrons. The van der Waals surface area contributed by atoms with E-state index in [-0.39, 0.29) is 5.69 Å². The average molecular weight is 275 g/mol. The Morgan fingerprint density at radius 3 is 2.45 bits per heavy atom. The molecule has 0 aliphatic carbocycles. The van der Waals surface area contributed by atoms with Crippen molar-refractivity contribution in [3.8, 4) is 0 Å². The van der Waals surface area contributed by atoms with Crippen LogP contribution in [-0.2, 0) is 0 Å². The number of nitrogens with zero attached hydrogens (tertiary/aromatic N) is 6. The first-order chi connectivity index (χ1) is 9.75. The summed E-state index contributed by atoms with van der Waals surface area (Å²) in [5.41, 5.74) is 0.00871.